The van der Waals surface area contributed by atoms with Crippen molar-refractivity contribution in [2.75, 3.05) is 6.54 Å². The first-order chi connectivity index (χ1) is 11.7. The normalized spacial score (nSPS) is 10.8. The molecule has 1 amide bonds. The van der Waals surface area contributed by atoms with E-state index in [0.717, 1.165) is 23.5 Å². The third kappa shape index (κ3) is 3.68. The molecule has 24 heavy (non-hydrogen) atoms. The van der Waals surface area contributed by atoms with Gasteiger partial charge in [-0.05, 0) is 42.8 Å². The van der Waals surface area contributed by atoms with Crippen LogP contribution in [0.3, 0.4) is 0 Å². The van der Waals surface area contributed by atoms with Crippen molar-refractivity contribution in [3.63, 3.8) is 0 Å². The second kappa shape index (κ2) is 7.08. The van der Waals surface area contributed by atoms with E-state index in [1.54, 1.807) is 22.9 Å². The van der Waals surface area contributed by atoms with E-state index >= 15 is 0 Å². The van der Waals surface area contributed by atoms with Gasteiger partial charge in [0.2, 0.25) is 0 Å². The van der Waals surface area contributed by atoms with E-state index in [2.05, 4.69) is 20.6 Å². The van der Waals surface area contributed by atoms with Gasteiger partial charge in [-0.3, -0.25) is 9.89 Å². The SMILES string of the molecule is CCc1cc(C(=O)NCCc2ccn(-c3ccc(F)cc3)n2)n[nH]1. The number of nitrogens with zero attached hydrogens (tertiary/aromatic N) is 3. The summed E-state index contributed by atoms with van der Waals surface area (Å²) in [5.74, 6) is -0.484. The largest absolute Gasteiger partial charge is 0.350 e. The van der Waals surface area contributed by atoms with Gasteiger partial charge in [-0.1, -0.05) is 6.92 Å². The van der Waals surface area contributed by atoms with Crippen LogP contribution in [0.15, 0.2) is 42.6 Å². The Morgan fingerprint density at radius 2 is 2.08 bits per heavy atom. The number of aryl methyl sites for hydroxylation is 1. The molecule has 3 aromatic rings. The number of nitrogens with one attached hydrogen (secondary N) is 2. The van der Waals surface area contributed by atoms with Crippen molar-refractivity contribution >= 4 is 5.91 Å². The Labute approximate surface area is 138 Å². The highest BCUT2D eigenvalue weighted by molar-refractivity contribution is 5.92. The number of aromatic amines is 1. The highest BCUT2D eigenvalue weighted by Crippen LogP contribution is 2.09. The van der Waals surface area contributed by atoms with Crippen molar-refractivity contribution in [1.29, 1.82) is 0 Å². The number of carbonyl (C=O) groups excluding carboxylic acids is 1. The Balaban J connectivity index is 1.54. The van der Waals surface area contributed by atoms with E-state index in [1.807, 2.05) is 19.2 Å². The summed E-state index contributed by atoms with van der Waals surface area (Å²) in [4.78, 5) is 12.0. The molecule has 0 aliphatic carbocycles. The summed E-state index contributed by atoms with van der Waals surface area (Å²) in [5, 5.41) is 14.0. The number of amides is 1. The van der Waals surface area contributed by atoms with Gasteiger partial charge in [0.05, 0.1) is 11.4 Å². The van der Waals surface area contributed by atoms with Crippen molar-refractivity contribution in [3.8, 4) is 5.69 Å². The second-order valence-corrected chi connectivity index (χ2v) is 5.37. The van der Waals surface area contributed by atoms with E-state index in [-0.39, 0.29) is 11.7 Å². The molecule has 0 saturated carbocycles. The second-order valence-electron chi connectivity index (χ2n) is 5.37. The minimum absolute atomic E-state index is 0.205. The molecule has 0 aliphatic heterocycles. The quantitative estimate of drug-likeness (QED) is 0.729. The molecule has 2 N–H and O–H groups in total. The van der Waals surface area contributed by atoms with E-state index in [4.69, 9.17) is 0 Å². The lowest BCUT2D eigenvalue weighted by atomic mass is 10.3. The fraction of sp³-hybridized carbons (Fsp3) is 0.235. The standard InChI is InChI=1S/C17H18FN5O/c1-2-13-11-16(21-20-13)17(24)19-9-7-14-8-10-23(22-14)15-5-3-12(18)4-6-15/h3-6,8,10-11H,2,7,9H2,1H3,(H,19,24)(H,20,21). The van der Waals surface area contributed by atoms with Crippen LogP contribution >= 0.6 is 0 Å². The van der Waals surface area contributed by atoms with Crippen LogP contribution in [0.25, 0.3) is 5.69 Å². The maximum absolute atomic E-state index is 12.9. The van der Waals surface area contributed by atoms with E-state index < -0.39 is 0 Å². The summed E-state index contributed by atoms with van der Waals surface area (Å²) in [7, 11) is 0. The Kier molecular flexibility index (Phi) is 4.69. The van der Waals surface area contributed by atoms with Gasteiger partial charge in [0.1, 0.15) is 11.5 Å². The van der Waals surface area contributed by atoms with Gasteiger partial charge in [0.25, 0.3) is 5.91 Å². The number of aromatic nitrogens is 4. The van der Waals surface area contributed by atoms with Crippen LogP contribution < -0.4 is 5.32 Å². The zero-order chi connectivity index (χ0) is 16.9. The predicted molar refractivity (Wildman–Crippen MR) is 87.5 cm³/mol. The van der Waals surface area contributed by atoms with Gasteiger partial charge in [0, 0.05) is 24.9 Å². The number of H-pyrrole nitrogens is 1. The number of benzene rings is 1. The Bertz CT molecular complexity index is 822. The zero-order valence-electron chi connectivity index (χ0n) is 13.3. The van der Waals surface area contributed by atoms with E-state index in [9.17, 15) is 9.18 Å². The number of hydrogen-bond acceptors (Lipinski definition) is 3. The van der Waals surface area contributed by atoms with Crippen molar-refractivity contribution in [3.05, 3.63) is 65.5 Å². The summed E-state index contributed by atoms with van der Waals surface area (Å²) < 4.78 is 14.6. The summed E-state index contributed by atoms with van der Waals surface area (Å²) in [6.45, 7) is 2.46. The maximum Gasteiger partial charge on any atom is 0.271 e. The number of hydrogen-bond donors (Lipinski definition) is 2. The molecule has 0 aliphatic rings. The average molecular weight is 327 g/mol. The molecule has 2 aromatic heterocycles. The van der Waals surface area contributed by atoms with Crippen LogP contribution in [-0.2, 0) is 12.8 Å². The lowest BCUT2D eigenvalue weighted by Crippen LogP contribution is -2.26. The highest BCUT2D eigenvalue weighted by Gasteiger charge is 2.09. The summed E-state index contributed by atoms with van der Waals surface area (Å²) in [5.41, 5.74) is 2.95. The van der Waals surface area contributed by atoms with Gasteiger partial charge in [-0.15, -0.1) is 0 Å². The van der Waals surface area contributed by atoms with Gasteiger partial charge in [-0.25, -0.2) is 9.07 Å². The monoisotopic (exact) mass is 327 g/mol. The molecule has 0 atom stereocenters. The van der Waals surface area contributed by atoms with Gasteiger partial charge >= 0.3 is 0 Å². The fourth-order valence-corrected chi connectivity index (χ4v) is 2.29. The lowest BCUT2D eigenvalue weighted by molar-refractivity contribution is 0.0949. The van der Waals surface area contributed by atoms with Crippen molar-refractivity contribution in [2.24, 2.45) is 0 Å². The topological polar surface area (TPSA) is 75.6 Å². The van der Waals surface area contributed by atoms with Gasteiger partial charge in [0.15, 0.2) is 0 Å². The molecular weight excluding hydrogens is 309 g/mol. The van der Waals surface area contributed by atoms with Crippen LogP contribution in [0.4, 0.5) is 4.39 Å². The third-order valence-electron chi connectivity index (χ3n) is 3.65. The first-order valence-electron chi connectivity index (χ1n) is 7.78. The van der Waals surface area contributed by atoms with Crippen LogP contribution in [0.1, 0.15) is 28.8 Å². The molecule has 124 valence electrons. The molecular formula is C17H18FN5O. The van der Waals surface area contributed by atoms with E-state index in [1.165, 1.54) is 12.1 Å². The van der Waals surface area contributed by atoms with Crippen molar-refractivity contribution in [2.45, 2.75) is 19.8 Å². The minimum atomic E-state index is -0.279. The molecule has 7 heteroatoms. The molecule has 3 rings (SSSR count). The smallest absolute Gasteiger partial charge is 0.271 e. The van der Waals surface area contributed by atoms with Crippen LogP contribution in [0.5, 0.6) is 0 Å². The third-order valence-corrected chi connectivity index (χ3v) is 3.65. The van der Waals surface area contributed by atoms with Crippen molar-refractivity contribution in [1.82, 2.24) is 25.3 Å². The molecule has 0 bridgehead atoms. The molecule has 2 heterocycles. The summed E-state index contributed by atoms with van der Waals surface area (Å²) in [6, 6.07) is 9.74. The van der Waals surface area contributed by atoms with E-state index in [0.29, 0.717) is 18.7 Å². The Morgan fingerprint density at radius 1 is 1.29 bits per heavy atom. The first-order valence-corrected chi connectivity index (χ1v) is 7.78. The van der Waals surface area contributed by atoms with Gasteiger partial charge < -0.3 is 5.32 Å². The first kappa shape index (κ1) is 15.9. The zero-order valence-corrected chi connectivity index (χ0v) is 13.3. The van der Waals surface area contributed by atoms with Crippen LogP contribution in [0.2, 0.25) is 0 Å². The molecule has 0 saturated heterocycles. The molecule has 0 radical (unpaired) electrons. The summed E-state index contributed by atoms with van der Waals surface area (Å²) >= 11 is 0. The lowest BCUT2D eigenvalue weighted by Gasteiger charge is -2.02. The summed E-state index contributed by atoms with van der Waals surface area (Å²) in [6.07, 6.45) is 3.22. The Morgan fingerprint density at radius 3 is 2.79 bits per heavy atom. The Hall–Kier alpha value is -2.96. The highest BCUT2D eigenvalue weighted by atomic mass is 19.1. The number of halogens is 1. The average Bonchev–Trinajstić information content (AvgIpc) is 3.24. The van der Waals surface area contributed by atoms with Crippen LogP contribution in [-0.4, -0.2) is 32.4 Å². The molecule has 6 nitrogen and oxygen atoms in total. The molecule has 0 spiro atoms. The molecule has 0 fully saturated rings. The van der Waals surface area contributed by atoms with Crippen molar-refractivity contribution < 1.29 is 9.18 Å². The number of carbonyl (C=O) groups is 1. The molecule has 1 aromatic carbocycles. The minimum Gasteiger partial charge on any atom is -0.350 e. The maximum atomic E-state index is 12.9. The fourth-order valence-electron chi connectivity index (χ4n) is 2.29. The predicted octanol–water partition coefficient (Wildman–Crippen LogP) is 2.27. The number of rotatable bonds is 6. The van der Waals surface area contributed by atoms with Gasteiger partial charge in [-0.2, -0.15) is 10.2 Å². The van der Waals surface area contributed by atoms with Crippen LogP contribution in [0, 0.1) is 5.82 Å². The molecule has 0 unspecified atom stereocenters.